The van der Waals surface area contributed by atoms with Crippen molar-refractivity contribution < 1.29 is 23.1 Å². The van der Waals surface area contributed by atoms with Gasteiger partial charge in [0, 0.05) is 75.0 Å². The van der Waals surface area contributed by atoms with Crippen molar-refractivity contribution in [2.24, 2.45) is 0 Å². The minimum absolute atomic E-state index is 0. The summed E-state index contributed by atoms with van der Waals surface area (Å²) in [6, 6.07) is 15.3. The van der Waals surface area contributed by atoms with Gasteiger partial charge in [-0.05, 0) is 48.8 Å². The number of nitrogens with one attached hydrogen (secondary N) is 1. The number of H-pyrrole nitrogens is 1. The molecule has 0 aliphatic heterocycles. The zero-order valence-corrected chi connectivity index (χ0v) is 29.6. The fraction of sp³-hybridized carbons (Fsp3) is 0.424. The van der Waals surface area contributed by atoms with Crippen molar-refractivity contribution in [1.29, 1.82) is 0 Å². The number of aromatic amines is 1. The summed E-state index contributed by atoms with van der Waals surface area (Å²) >= 11 is 0. The van der Waals surface area contributed by atoms with E-state index in [1.165, 1.54) is 6.33 Å². The molecular formula is C33H36F2KN6O5. The zero-order chi connectivity index (χ0) is 32.3. The van der Waals surface area contributed by atoms with E-state index in [0.717, 1.165) is 34.4 Å². The molecule has 3 aromatic heterocycles. The molecule has 1 aliphatic rings. The van der Waals surface area contributed by atoms with Crippen LogP contribution >= 0.6 is 0 Å². The first-order chi connectivity index (χ1) is 22.3. The molecule has 1 fully saturated rings. The Morgan fingerprint density at radius 1 is 1.04 bits per heavy atom. The molecule has 5 aromatic rings. The molecule has 11 nitrogen and oxygen atoms in total. The SMILES string of the molecule is CCCc1c(Cc2ccc(-c3ccccc3-c3noc(=O)[nH]3)cc2)c(=O)n(C2CCC(OCC(O)(CF)CF)CC2)c2ncnn12.[K]. The molecule has 0 spiro atoms. The topological polar surface area (TPSA) is 141 Å². The molecule has 6 rings (SSSR count). The third kappa shape index (κ3) is 7.58. The van der Waals surface area contributed by atoms with Crippen molar-refractivity contribution in [2.45, 2.75) is 69.6 Å². The Kier molecular flexibility index (Phi) is 11.7. The molecule has 47 heavy (non-hydrogen) atoms. The first-order valence-corrected chi connectivity index (χ1v) is 15.5. The largest absolute Gasteiger partial charge is 0.439 e. The smallest absolute Gasteiger partial charge is 0.382 e. The van der Waals surface area contributed by atoms with Gasteiger partial charge in [-0.2, -0.15) is 10.1 Å². The third-order valence-corrected chi connectivity index (χ3v) is 8.68. The van der Waals surface area contributed by atoms with E-state index >= 15 is 0 Å². The molecule has 0 atom stereocenters. The van der Waals surface area contributed by atoms with Crippen molar-refractivity contribution in [2.75, 3.05) is 20.0 Å². The Bertz CT molecular complexity index is 1910. The molecule has 0 bridgehead atoms. The summed E-state index contributed by atoms with van der Waals surface area (Å²) in [6.07, 6.45) is 5.42. The van der Waals surface area contributed by atoms with Crippen LogP contribution in [0.4, 0.5) is 8.78 Å². The van der Waals surface area contributed by atoms with E-state index in [9.17, 15) is 23.5 Å². The second-order valence-corrected chi connectivity index (χ2v) is 11.9. The Morgan fingerprint density at radius 2 is 1.74 bits per heavy atom. The van der Waals surface area contributed by atoms with Crippen LogP contribution in [-0.4, -0.2) is 117 Å². The molecule has 2 N–H and O–H groups in total. The number of aromatic nitrogens is 6. The van der Waals surface area contributed by atoms with Gasteiger partial charge >= 0.3 is 5.76 Å². The van der Waals surface area contributed by atoms with Crippen LogP contribution < -0.4 is 11.3 Å². The van der Waals surface area contributed by atoms with Crippen LogP contribution in [0.2, 0.25) is 0 Å². The van der Waals surface area contributed by atoms with Crippen molar-refractivity contribution in [3.63, 3.8) is 0 Å². The first-order valence-electron chi connectivity index (χ1n) is 15.5. The second kappa shape index (κ2) is 15.6. The van der Waals surface area contributed by atoms with Crippen LogP contribution in [-0.2, 0) is 17.6 Å². The maximum atomic E-state index is 14.3. The number of rotatable bonds is 12. The average Bonchev–Trinajstić information content (AvgIpc) is 3.75. The van der Waals surface area contributed by atoms with Crippen molar-refractivity contribution in [3.8, 4) is 22.5 Å². The van der Waals surface area contributed by atoms with Gasteiger partial charge in [-0.1, -0.05) is 67.0 Å². The van der Waals surface area contributed by atoms with Gasteiger partial charge in [0.1, 0.15) is 25.3 Å². The van der Waals surface area contributed by atoms with Gasteiger partial charge in [0.25, 0.3) is 5.56 Å². The number of ether oxygens (including phenoxy) is 1. The molecule has 3 heterocycles. The van der Waals surface area contributed by atoms with E-state index in [1.807, 2.05) is 48.5 Å². The summed E-state index contributed by atoms with van der Waals surface area (Å²) in [6.45, 7) is -0.788. The standard InChI is InChI=1S/C33H36F2N6O5.K/c1-2-5-28-27(16-21-8-10-22(11-9-21)25-6-3-4-7-26(25)29-38-32(43)46-39-29)30(42)40(31-36-20-37-41(28)31)23-12-14-24(15-13-23)45-19-33(44,17-34)18-35;/h3-4,6-11,20,23-24,44H,2,5,12-19H2,1H3,(H,38,39,43);. The van der Waals surface area contributed by atoms with Gasteiger partial charge in [-0.25, -0.2) is 18.1 Å². The normalized spacial score (nSPS) is 16.8. The summed E-state index contributed by atoms with van der Waals surface area (Å²) in [5.74, 6) is 0.209. The van der Waals surface area contributed by atoms with Gasteiger partial charge in [0.05, 0.1) is 18.4 Å². The Hall–Kier alpha value is -2.85. The molecule has 0 saturated heterocycles. The first kappa shape index (κ1) is 35.5. The number of fused-ring (bicyclic) bond motifs is 1. The van der Waals surface area contributed by atoms with E-state index < -0.39 is 31.3 Å². The summed E-state index contributed by atoms with van der Waals surface area (Å²) < 4.78 is 40.0. The zero-order valence-electron chi connectivity index (χ0n) is 26.5. The van der Waals surface area contributed by atoms with Crippen LogP contribution in [0.15, 0.2) is 69.0 Å². The molecule has 1 radical (unpaired) electrons. The summed E-state index contributed by atoms with van der Waals surface area (Å²) in [5.41, 5.74) is 2.71. The molecule has 243 valence electrons. The van der Waals surface area contributed by atoms with Crippen LogP contribution in [0.3, 0.4) is 0 Å². The quantitative estimate of drug-likeness (QED) is 0.188. The minimum atomic E-state index is -2.12. The third-order valence-electron chi connectivity index (χ3n) is 8.68. The van der Waals surface area contributed by atoms with Crippen molar-refractivity contribution >= 4 is 57.2 Å². The second-order valence-electron chi connectivity index (χ2n) is 11.9. The number of aryl methyl sites for hydroxylation is 1. The van der Waals surface area contributed by atoms with E-state index in [2.05, 4.69) is 27.1 Å². The van der Waals surface area contributed by atoms with E-state index in [1.54, 1.807) is 9.08 Å². The van der Waals surface area contributed by atoms with Crippen molar-refractivity contribution in [1.82, 2.24) is 29.3 Å². The number of halogens is 2. The maximum Gasteiger partial charge on any atom is 0.439 e. The predicted molar refractivity (Wildman–Crippen MR) is 172 cm³/mol. The molecule has 1 aliphatic carbocycles. The summed E-state index contributed by atoms with van der Waals surface area (Å²) in [5, 5.41) is 18.3. The Labute approximate surface area is 311 Å². The van der Waals surface area contributed by atoms with Gasteiger partial charge in [-0.3, -0.25) is 18.9 Å². The number of aliphatic hydroxyl groups is 1. The van der Waals surface area contributed by atoms with E-state index in [0.29, 0.717) is 55.7 Å². The molecule has 0 amide bonds. The number of benzene rings is 2. The monoisotopic (exact) mass is 673 g/mol. The summed E-state index contributed by atoms with van der Waals surface area (Å²) in [4.78, 5) is 32.9. The molecule has 14 heteroatoms. The number of hydrogen-bond donors (Lipinski definition) is 2. The number of nitrogens with zero attached hydrogens (tertiary/aromatic N) is 5. The number of hydrogen-bond acceptors (Lipinski definition) is 8. The fourth-order valence-corrected chi connectivity index (χ4v) is 6.23. The van der Waals surface area contributed by atoms with Crippen molar-refractivity contribution in [3.05, 3.63) is 92.6 Å². The fourth-order valence-electron chi connectivity index (χ4n) is 6.23. The van der Waals surface area contributed by atoms with Gasteiger partial charge in [0.15, 0.2) is 5.82 Å². The van der Waals surface area contributed by atoms with Crippen LogP contribution in [0.1, 0.15) is 61.9 Å². The Morgan fingerprint density at radius 3 is 2.38 bits per heavy atom. The predicted octanol–water partition coefficient (Wildman–Crippen LogP) is 4.23. The Balaban J connectivity index is 0.00000433. The van der Waals surface area contributed by atoms with E-state index in [-0.39, 0.29) is 69.1 Å². The van der Waals surface area contributed by atoms with E-state index in [4.69, 9.17) is 9.26 Å². The van der Waals surface area contributed by atoms with Gasteiger partial charge in [-0.15, -0.1) is 0 Å². The molecule has 2 aromatic carbocycles. The maximum absolute atomic E-state index is 14.3. The van der Waals surface area contributed by atoms with Gasteiger partial charge in [0.2, 0.25) is 5.78 Å². The molecule has 1 saturated carbocycles. The number of alkyl halides is 2. The minimum Gasteiger partial charge on any atom is -0.382 e. The van der Waals surface area contributed by atoms with Crippen LogP contribution in [0, 0.1) is 0 Å². The van der Waals surface area contributed by atoms with Gasteiger partial charge < -0.3 is 9.84 Å². The van der Waals surface area contributed by atoms with Crippen LogP contribution in [0.5, 0.6) is 0 Å². The summed E-state index contributed by atoms with van der Waals surface area (Å²) in [7, 11) is 0. The average molecular weight is 674 g/mol. The molecule has 0 unspecified atom stereocenters. The molecular weight excluding hydrogens is 637 g/mol. The van der Waals surface area contributed by atoms with Crippen LogP contribution in [0.25, 0.3) is 28.3 Å².